The fourth-order valence-electron chi connectivity index (χ4n) is 1.87. The first-order chi connectivity index (χ1) is 12.3. The molecule has 0 aromatic heterocycles. The van der Waals surface area contributed by atoms with Crippen LogP contribution in [0.25, 0.3) is 0 Å². The van der Waals surface area contributed by atoms with E-state index in [4.69, 9.17) is 33.2 Å². The highest BCUT2D eigenvalue weighted by atomic mass is 16.5. The smallest absolute Gasteiger partial charge is 0.0701 e. The van der Waals surface area contributed by atoms with Crippen LogP contribution in [-0.2, 0) is 33.2 Å². The number of ether oxygens (including phenoxy) is 7. The third-order valence-corrected chi connectivity index (χ3v) is 3.32. The number of nitrogens with zero attached hydrogens (tertiary/aromatic N) is 1. The van der Waals surface area contributed by atoms with E-state index in [1.54, 1.807) is 21.3 Å². The molecule has 0 N–H and O–H groups in total. The summed E-state index contributed by atoms with van der Waals surface area (Å²) >= 11 is 0. The lowest BCUT2D eigenvalue weighted by molar-refractivity contribution is 0.00683. The van der Waals surface area contributed by atoms with Crippen LogP contribution in [0.2, 0.25) is 0 Å². The average Bonchev–Trinajstić information content (AvgIpc) is 2.63. The summed E-state index contributed by atoms with van der Waals surface area (Å²) in [7, 11) is 5.03. The van der Waals surface area contributed by atoms with Crippen molar-refractivity contribution in [3.8, 4) is 0 Å². The normalized spacial score (nSPS) is 11.5. The molecule has 0 radical (unpaired) electrons. The fourth-order valence-corrected chi connectivity index (χ4v) is 1.87. The molecular formula is C17H37NO7. The quantitative estimate of drug-likeness (QED) is 0.268. The minimum absolute atomic E-state index is 0.591. The van der Waals surface area contributed by atoms with Crippen molar-refractivity contribution in [3.05, 3.63) is 0 Å². The van der Waals surface area contributed by atoms with Crippen LogP contribution in [0, 0.1) is 0 Å². The van der Waals surface area contributed by atoms with Crippen molar-refractivity contribution < 1.29 is 33.2 Å². The molecular weight excluding hydrogens is 330 g/mol. The van der Waals surface area contributed by atoms with E-state index in [1.807, 2.05) is 0 Å². The first kappa shape index (κ1) is 24.7. The molecule has 0 bridgehead atoms. The molecule has 0 aliphatic rings. The van der Waals surface area contributed by atoms with E-state index >= 15 is 0 Å². The molecule has 0 saturated heterocycles. The zero-order valence-corrected chi connectivity index (χ0v) is 16.2. The van der Waals surface area contributed by atoms with Gasteiger partial charge >= 0.3 is 0 Å². The monoisotopic (exact) mass is 367 g/mol. The molecule has 0 heterocycles. The van der Waals surface area contributed by atoms with Crippen LogP contribution < -0.4 is 0 Å². The maximum atomic E-state index is 5.59. The van der Waals surface area contributed by atoms with Gasteiger partial charge in [0.15, 0.2) is 0 Å². The standard InChI is InChI=1S/C17H37NO7/c1-19-7-4-18(5-8-22-14-16-24-12-10-20-2)6-9-23-15-17-25-13-11-21-3/h4-17H2,1-3H3. The van der Waals surface area contributed by atoms with Gasteiger partial charge in [-0.3, -0.25) is 4.90 Å². The lowest BCUT2D eigenvalue weighted by Crippen LogP contribution is -2.34. The minimum atomic E-state index is 0.591. The van der Waals surface area contributed by atoms with Gasteiger partial charge in [-0.15, -0.1) is 0 Å². The van der Waals surface area contributed by atoms with Gasteiger partial charge in [0.1, 0.15) is 0 Å². The van der Waals surface area contributed by atoms with Gasteiger partial charge in [0.25, 0.3) is 0 Å². The summed E-state index contributed by atoms with van der Waals surface area (Å²) in [5.41, 5.74) is 0. The summed E-state index contributed by atoms with van der Waals surface area (Å²) in [6, 6.07) is 0. The van der Waals surface area contributed by atoms with Gasteiger partial charge in [0.2, 0.25) is 0 Å². The summed E-state index contributed by atoms with van der Waals surface area (Å²) in [6.07, 6.45) is 0. The number of hydrogen-bond acceptors (Lipinski definition) is 8. The molecule has 0 aliphatic heterocycles. The Bertz CT molecular complexity index is 227. The van der Waals surface area contributed by atoms with Gasteiger partial charge in [-0.05, 0) is 0 Å². The molecule has 0 aromatic rings. The summed E-state index contributed by atoms with van der Waals surface area (Å²) in [5, 5.41) is 0. The van der Waals surface area contributed by atoms with Crippen LogP contribution in [0.5, 0.6) is 0 Å². The largest absolute Gasteiger partial charge is 0.383 e. The molecule has 8 heteroatoms. The number of hydrogen-bond donors (Lipinski definition) is 0. The number of rotatable bonds is 21. The Hall–Kier alpha value is -0.320. The highest BCUT2D eigenvalue weighted by molar-refractivity contribution is 4.57. The Balaban J connectivity index is 3.54. The summed E-state index contributed by atoms with van der Waals surface area (Å²) in [5.74, 6) is 0. The van der Waals surface area contributed by atoms with E-state index in [0.29, 0.717) is 72.7 Å². The first-order valence-corrected chi connectivity index (χ1v) is 8.85. The van der Waals surface area contributed by atoms with Crippen molar-refractivity contribution in [2.75, 3.05) is 114 Å². The van der Waals surface area contributed by atoms with E-state index in [2.05, 4.69) is 4.90 Å². The Morgan fingerprint density at radius 1 is 0.400 bits per heavy atom. The zero-order valence-electron chi connectivity index (χ0n) is 16.2. The second kappa shape index (κ2) is 21.7. The van der Waals surface area contributed by atoms with Crippen LogP contribution in [0.1, 0.15) is 0 Å². The lowest BCUT2D eigenvalue weighted by atomic mass is 10.4. The van der Waals surface area contributed by atoms with Crippen molar-refractivity contribution >= 4 is 0 Å². The van der Waals surface area contributed by atoms with Crippen LogP contribution >= 0.6 is 0 Å². The Labute approximate surface area is 152 Å². The Morgan fingerprint density at radius 3 is 1.12 bits per heavy atom. The van der Waals surface area contributed by atoms with E-state index in [9.17, 15) is 0 Å². The molecule has 152 valence electrons. The minimum Gasteiger partial charge on any atom is -0.383 e. The highest BCUT2D eigenvalue weighted by Crippen LogP contribution is 1.91. The third kappa shape index (κ3) is 19.8. The van der Waals surface area contributed by atoms with Gasteiger partial charge in [-0.1, -0.05) is 0 Å². The molecule has 0 aromatic carbocycles. The molecule has 0 spiro atoms. The van der Waals surface area contributed by atoms with Crippen LogP contribution in [0.3, 0.4) is 0 Å². The molecule has 0 atom stereocenters. The molecule has 0 saturated carbocycles. The predicted molar refractivity (Wildman–Crippen MR) is 95.3 cm³/mol. The van der Waals surface area contributed by atoms with E-state index in [0.717, 1.165) is 19.6 Å². The van der Waals surface area contributed by atoms with Gasteiger partial charge in [-0.25, -0.2) is 0 Å². The summed E-state index contributed by atoms with van der Waals surface area (Å²) in [6.45, 7) is 9.37. The Kier molecular flexibility index (Phi) is 21.4. The van der Waals surface area contributed by atoms with Gasteiger partial charge in [-0.2, -0.15) is 0 Å². The fraction of sp³-hybridized carbons (Fsp3) is 1.00. The molecule has 0 unspecified atom stereocenters. The number of methoxy groups -OCH3 is 3. The second-order valence-corrected chi connectivity index (χ2v) is 5.27. The van der Waals surface area contributed by atoms with Gasteiger partial charge in [0.05, 0.1) is 72.7 Å². The summed E-state index contributed by atoms with van der Waals surface area (Å²) < 4.78 is 36.8. The molecule has 0 rings (SSSR count). The second-order valence-electron chi connectivity index (χ2n) is 5.27. The maximum Gasteiger partial charge on any atom is 0.0701 e. The van der Waals surface area contributed by atoms with Crippen LogP contribution in [-0.4, -0.2) is 119 Å². The Morgan fingerprint density at radius 2 is 0.720 bits per heavy atom. The van der Waals surface area contributed by atoms with Gasteiger partial charge in [0, 0.05) is 41.0 Å². The SMILES string of the molecule is COCCOCCOCCN(CCOC)CCOCCOCCOC. The van der Waals surface area contributed by atoms with Crippen LogP contribution in [0.15, 0.2) is 0 Å². The highest BCUT2D eigenvalue weighted by Gasteiger charge is 2.05. The third-order valence-electron chi connectivity index (χ3n) is 3.32. The van der Waals surface area contributed by atoms with Crippen molar-refractivity contribution in [1.82, 2.24) is 4.90 Å². The van der Waals surface area contributed by atoms with Crippen LogP contribution in [0.4, 0.5) is 0 Å². The maximum absolute atomic E-state index is 5.59. The van der Waals surface area contributed by atoms with Crippen molar-refractivity contribution in [3.63, 3.8) is 0 Å². The molecule has 8 nitrogen and oxygen atoms in total. The molecule has 0 fully saturated rings. The average molecular weight is 367 g/mol. The summed E-state index contributed by atoms with van der Waals surface area (Å²) in [4.78, 5) is 2.26. The van der Waals surface area contributed by atoms with E-state index < -0.39 is 0 Å². The topological polar surface area (TPSA) is 67.9 Å². The lowest BCUT2D eigenvalue weighted by Gasteiger charge is -2.21. The van der Waals surface area contributed by atoms with Crippen molar-refractivity contribution in [2.24, 2.45) is 0 Å². The predicted octanol–water partition coefficient (Wildman–Crippen LogP) is 0.294. The molecule has 0 aliphatic carbocycles. The van der Waals surface area contributed by atoms with E-state index in [-0.39, 0.29) is 0 Å². The van der Waals surface area contributed by atoms with Gasteiger partial charge < -0.3 is 33.2 Å². The molecule has 0 amide bonds. The van der Waals surface area contributed by atoms with Crippen molar-refractivity contribution in [1.29, 1.82) is 0 Å². The molecule has 25 heavy (non-hydrogen) atoms. The first-order valence-electron chi connectivity index (χ1n) is 8.85. The van der Waals surface area contributed by atoms with E-state index in [1.165, 1.54) is 0 Å². The zero-order chi connectivity index (χ0) is 18.4. The van der Waals surface area contributed by atoms with Crippen molar-refractivity contribution in [2.45, 2.75) is 0 Å².